The van der Waals surface area contributed by atoms with Crippen LogP contribution in [0, 0.1) is 0 Å². The van der Waals surface area contributed by atoms with E-state index in [1.165, 1.54) is 6.33 Å². The fourth-order valence-electron chi connectivity index (χ4n) is 0.724. The van der Waals surface area contributed by atoms with Crippen molar-refractivity contribution < 1.29 is 0 Å². The minimum absolute atomic E-state index is 0. The van der Waals surface area contributed by atoms with E-state index in [1.807, 2.05) is 0 Å². The molecule has 0 aromatic carbocycles. The largest absolute Gasteiger partial charge is 0.250 e. The fraction of sp³-hybridized carbons (Fsp3) is 0. The molecular formula is C6H6K2N4. The Morgan fingerprint density at radius 2 is 1.67 bits per heavy atom. The van der Waals surface area contributed by atoms with Crippen LogP contribution in [0.25, 0.3) is 11.2 Å². The molecule has 0 unspecified atom stereocenters. The zero-order chi connectivity index (χ0) is 6.81. The molecule has 0 aliphatic rings. The second kappa shape index (κ2) is 7.05. The molecule has 0 amide bonds. The van der Waals surface area contributed by atoms with Crippen LogP contribution in [0.2, 0.25) is 0 Å². The summed E-state index contributed by atoms with van der Waals surface area (Å²) in [6.07, 6.45) is 6.31. The van der Waals surface area contributed by atoms with Gasteiger partial charge in [0.25, 0.3) is 0 Å². The van der Waals surface area contributed by atoms with Gasteiger partial charge in [-0.1, -0.05) is 0 Å². The first-order valence-electron chi connectivity index (χ1n) is 2.83. The van der Waals surface area contributed by atoms with Crippen molar-refractivity contribution in [3.05, 3.63) is 24.9 Å². The van der Waals surface area contributed by atoms with Crippen molar-refractivity contribution in [1.29, 1.82) is 0 Å². The Hall–Kier alpha value is 1.69. The third kappa shape index (κ3) is 3.45. The summed E-state index contributed by atoms with van der Waals surface area (Å²) in [5.41, 5.74) is 1.36. The van der Waals surface area contributed by atoms with Crippen molar-refractivity contribution in [2.75, 3.05) is 0 Å². The third-order valence-electron chi connectivity index (χ3n) is 1.15. The Morgan fingerprint density at radius 3 is 2.42 bits per heavy atom. The molecule has 0 aliphatic carbocycles. The number of nitrogens with zero attached hydrogens (tertiary/aromatic N) is 4. The van der Waals surface area contributed by atoms with Crippen LogP contribution in [-0.2, 0) is 0 Å². The van der Waals surface area contributed by atoms with Crippen molar-refractivity contribution in [2.24, 2.45) is 0 Å². The molecule has 0 fully saturated rings. The van der Waals surface area contributed by atoms with E-state index >= 15 is 0 Å². The molecule has 2 aromatic rings. The van der Waals surface area contributed by atoms with Crippen LogP contribution < -0.4 is 0 Å². The normalized spacial score (nSPS) is 8.33. The van der Waals surface area contributed by atoms with Gasteiger partial charge in [-0.05, 0) is 0 Å². The molecule has 52 valence electrons. The second-order valence-electron chi connectivity index (χ2n) is 1.79. The van der Waals surface area contributed by atoms with Crippen molar-refractivity contribution in [2.45, 2.75) is 0 Å². The molecule has 0 aliphatic heterocycles. The van der Waals surface area contributed by atoms with Crippen molar-refractivity contribution in [3.63, 3.8) is 0 Å². The van der Waals surface area contributed by atoms with Gasteiger partial charge in [-0.25, -0.2) is 19.9 Å². The van der Waals surface area contributed by atoms with Gasteiger partial charge in [0.1, 0.15) is 11.8 Å². The molecule has 6 heteroatoms. The first-order valence-corrected chi connectivity index (χ1v) is 2.83. The zero-order valence-electron chi connectivity index (χ0n) is 5.10. The standard InChI is InChI=1S/C6H4N4.2K.2H/c1-2-9-6-5(8-1)3-7-4-10-6;;;;/h1-4H;;;;. The predicted molar refractivity (Wildman–Crippen MR) is 49.4 cm³/mol. The van der Waals surface area contributed by atoms with E-state index in [9.17, 15) is 0 Å². The summed E-state index contributed by atoms with van der Waals surface area (Å²) in [4.78, 5) is 15.7. The maximum Gasteiger partial charge on any atom is 0.181 e. The van der Waals surface area contributed by atoms with Gasteiger partial charge in [-0.2, -0.15) is 0 Å². The van der Waals surface area contributed by atoms with Crippen molar-refractivity contribution >= 4 is 114 Å². The molecule has 2 aromatic heterocycles. The summed E-state index contributed by atoms with van der Waals surface area (Å²) in [6.45, 7) is 0. The van der Waals surface area contributed by atoms with E-state index in [0.29, 0.717) is 5.65 Å². The fourth-order valence-corrected chi connectivity index (χ4v) is 0.724. The maximum absolute atomic E-state index is 3.99. The molecule has 4 nitrogen and oxygen atoms in total. The maximum atomic E-state index is 3.99. The average molecular weight is 212 g/mol. The molecule has 2 rings (SSSR count). The first kappa shape index (κ1) is 13.7. The Balaban J connectivity index is 0.000000605. The molecule has 0 saturated heterocycles. The molecule has 0 atom stereocenters. The number of hydrogen-bond donors (Lipinski definition) is 0. The van der Waals surface area contributed by atoms with E-state index in [4.69, 9.17) is 0 Å². The Bertz CT molecular complexity index is 289. The van der Waals surface area contributed by atoms with Gasteiger partial charge in [0.05, 0.1) is 6.20 Å². The predicted octanol–water partition coefficient (Wildman–Crippen LogP) is -0.877. The Morgan fingerprint density at radius 1 is 0.917 bits per heavy atom. The minimum Gasteiger partial charge on any atom is -0.250 e. The molecule has 2 heterocycles. The molecule has 0 radical (unpaired) electrons. The van der Waals surface area contributed by atoms with E-state index in [2.05, 4.69) is 19.9 Å². The van der Waals surface area contributed by atoms with Crippen molar-refractivity contribution in [3.8, 4) is 0 Å². The van der Waals surface area contributed by atoms with E-state index in [-0.39, 0.29) is 103 Å². The van der Waals surface area contributed by atoms with Gasteiger partial charge < -0.3 is 0 Å². The quantitative estimate of drug-likeness (QED) is 0.532. The number of fused-ring (bicyclic) bond motifs is 1. The Labute approximate surface area is 155 Å². The van der Waals surface area contributed by atoms with E-state index in [0.717, 1.165) is 5.52 Å². The van der Waals surface area contributed by atoms with Gasteiger partial charge in [0.2, 0.25) is 0 Å². The zero-order valence-corrected chi connectivity index (χ0v) is 5.10. The van der Waals surface area contributed by atoms with Gasteiger partial charge in [0, 0.05) is 12.4 Å². The number of hydrogen-bond acceptors (Lipinski definition) is 4. The molecular weight excluding hydrogens is 206 g/mol. The monoisotopic (exact) mass is 212 g/mol. The summed E-state index contributed by atoms with van der Waals surface area (Å²) in [5.74, 6) is 0. The average Bonchev–Trinajstić information content (AvgIpc) is 2.05. The first-order chi connectivity index (χ1) is 4.97. The molecule has 0 saturated carbocycles. The van der Waals surface area contributed by atoms with Crippen LogP contribution in [0.5, 0.6) is 0 Å². The van der Waals surface area contributed by atoms with Crippen molar-refractivity contribution in [1.82, 2.24) is 19.9 Å². The molecule has 0 bridgehead atoms. The summed E-state index contributed by atoms with van der Waals surface area (Å²) in [5, 5.41) is 0. The summed E-state index contributed by atoms with van der Waals surface area (Å²) >= 11 is 0. The van der Waals surface area contributed by atoms with Gasteiger partial charge in [0.15, 0.2) is 5.65 Å². The summed E-state index contributed by atoms with van der Waals surface area (Å²) in [7, 11) is 0. The van der Waals surface area contributed by atoms with Gasteiger partial charge >= 0.3 is 103 Å². The molecule has 0 spiro atoms. The third-order valence-corrected chi connectivity index (χ3v) is 1.15. The number of aromatic nitrogens is 4. The Kier molecular flexibility index (Phi) is 8.04. The van der Waals surface area contributed by atoms with Crippen LogP contribution in [0.1, 0.15) is 0 Å². The summed E-state index contributed by atoms with van der Waals surface area (Å²) < 4.78 is 0. The minimum atomic E-state index is 0. The second-order valence-corrected chi connectivity index (χ2v) is 1.79. The van der Waals surface area contributed by atoms with Crippen LogP contribution in [-0.4, -0.2) is 123 Å². The molecule has 12 heavy (non-hydrogen) atoms. The SMILES string of the molecule is [KH].[KH].c1cnc2ncncc2n1. The van der Waals surface area contributed by atoms with Crippen LogP contribution >= 0.6 is 0 Å². The van der Waals surface area contributed by atoms with Crippen LogP contribution in [0.4, 0.5) is 0 Å². The van der Waals surface area contributed by atoms with Crippen LogP contribution in [0.15, 0.2) is 24.9 Å². The van der Waals surface area contributed by atoms with E-state index in [1.54, 1.807) is 18.6 Å². The van der Waals surface area contributed by atoms with Gasteiger partial charge in [-0.3, -0.25) is 0 Å². The smallest absolute Gasteiger partial charge is 0.181 e. The number of rotatable bonds is 0. The topological polar surface area (TPSA) is 51.6 Å². The van der Waals surface area contributed by atoms with Gasteiger partial charge in [-0.15, -0.1) is 0 Å². The van der Waals surface area contributed by atoms with Crippen LogP contribution in [0.3, 0.4) is 0 Å². The van der Waals surface area contributed by atoms with E-state index < -0.39 is 0 Å². The molecule has 0 N–H and O–H groups in total. The summed E-state index contributed by atoms with van der Waals surface area (Å²) in [6, 6.07) is 0.